The number of rotatable bonds is 4. The van der Waals surface area contributed by atoms with E-state index in [0.717, 1.165) is 17.0 Å². The van der Waals surface area contributed by atoms with Crippen LogP contribution in [0.3, 0.4) is 0 Å². The molecule has 1 aliphatic heterocycles. The Bertz CT molecular complexity index is 996. The monoisotopic (exact) mass is 368 g/mol. The van der Waals surface area contributed by atoms with Crippen LogP contribution in [-0.4, -0.2) is 44.8 Å². The Labute approximate surface area is 154 Å². The quantitative estimate of drug-likeness (QED) is 0.562. The predicted molar refractivity (Wildman–Crippen MR) is 95.1 cm³/mol. The maximum atomic E-state index is 12.5. The van der Waals surface area contributed by atoms with Crippen molar-refractivity contribution < 1.29 is 29.4 Å². The number of phenols is 1. The lowest BCUT2D eigenvalue weighted by atomic mass is 10.1. The molecule has 0 unspecified atom stereocenters. The number of amides is 3. The average molecular weight is 368 g/mol. The number of phenolic OH excluding ortho intramolecular Hbond substituents is 1. The highest BCUT2D eigenvalue weighted by Gasteiger charge is 2.37. The number of fused-ring (bicyclic) bond motifs is 1. The SMILES string of the molecule is CC(C)N1C(=O)c2ccc(C(=O)Nc3cc(C(=O)O)ccc3O)cc2C1=O. The highest BCUT2D eigenvalue weighted by atomic mass is 16.4. The first kappa shape index (κ1) is 18.1. The fourth-order valence-electron chi connectivity index (χ4n) is 2.83. The Morgan fingerprint density at radius 1 is 0.963 bits per heavy atom. The molecule has 0 fully saturated rings. The first-order valence-corrected chi connectivity index (χ1v) is 8.10. The molecule has 2 aromatic rings. The smallest absolute Gasteiger partial charge is 0.335 e. The summed E-state index contributed by atoms with van der Waals surface area (Å²) in [7, 11) is 0. The van der Waals surface area contributed by atoms with Gasteiger partial charge in [0.25, 0.3) is 17.7 Å². The Morgan fingerprint density at radius 2 is 1.59 bits per heavy atom. The third kappa shape index (κ3) is 3.12. The summed E-state index contributed by atoms with van der Waals surface area (Å²) in [4.78, 5) is 49.3. The maximum absolute atomic E-state index is 12.5. The molecule has 3 amide bonds. The number of anilines is 1. The van der Waals surface area contributed by atoms with Crippen LogP contribution in [-0.2, 0) is 0 Å². The summed E-state index contributed by atoms with van der Waals surface area (Å²) in [6, 6.07) is 7.27. The first-order valence-electron chi connectivity index (χ1n) is 8.10. The van der Waals surface area contributed by atoms with E-state index in [2.05, 4.69) is 5.32 Å². The summed E-state index contributed by atoms with van der Waals surface area (Å²) in [6.07, 6.45) is 0. The molecule has 0 radical (unpaired) electrons. The third-order valence-electron chi connectivity index (χ3n) is 4.19. The van der Waals surface area contributed by atoms with E-state index in [-0.39, 0.29) is 39.7 Å². The third-order valence-corrected chi connectivity index (χ3v) is 4.19. The summed E-state index contributed by atoms with van der Waals surface area (Å²) in [5.74, 6) is -3.05. The second kappa shape index (κ2) is 6.56. The normalized spacial score (nSPS) is 13.1. The molecule has 8 nitrogen and oxygen atoms in total. The van der Waals surface area contributed by atoms with Gasteiger partial charge >= 0.3 is 5.97 Å². The second-order valence-corrected chi connectivity index (χ2v) is 6.33. The number of nitrogens with one attached hydrogen (secondary N) is 1. The zero-order valence-electron chi connectivity index (χ0n) is 14.5. The standard InChI is InChI=1S/C19H16N2O6/c1-9(2)21-17(24)12-5-3-10(7-13(12)18(21)25)16(23)20-14-8-11(19(26)27)4-6-15(14)22/h3-9,22H,1-2H3,(H,20,23)(H,26,27). The van der Waals surface area contributed by atoms with E-state index in [1.165, 1.54) is 24.3 Å². The van der Waals surface area contributed by atoms with Gasteiger partial charge < -0.3 is 15.5 Å². The van der Waals surface area contributed by atoms with Crippen LogP contribution in [0.2, 0.25) is 0 Å². The van der Waals surface area contributed by atoms with Gasteiger partial charge in [0.1, 0.15) is 5.75 Å². The lowest BCUT2D eigenvalue weighted by Crippen LogP contribution is -2.35. The largest absolute Gasteiger partial charge is 0.506 e. The van der Waals surface area contributed by atoms with E-state index < -0.39 is 23.7 Å². The highest BCUT2D eigenvalue weighted by molar-refractivity contribution is 6.22. The summed E-state index contributed by atoms with van der Waals surface area (Å²) < 4.78 is 0. The summed E-state index contributed by atoms with van der Waals surface area (Å²) in [5, 5.41) is 21.3. The number of carboxylic acids is 1. The van der Waals surface area contributed by atoms with E-state index >= 15 is 0 Å². The van der Waals surface area contributed by atoms with Crippen LogP contribution in [0, 0.1) is 0 Å². The van der Waals surface area contributed by atoms with Crippen molar-refractivity contribution in [2.75, 3.05) is 5.32 Å². The number of carbonyl (C=O) groups is 4. The van der Waals surface area contributed by atoms with Crippen molar-refractivity contribution in [3.05, 3.63) is 58.7 Å². The van der Waals surface area contributed by atoms with Crippen LogP contribution in [0.1, 0.15) is 55.3 Å². The van der Waals surface area contributed by atoms with Crippen molar-refractivity contribution >= 4 is 29.4 Å². The lowest BCUT2D eigenvalue weighted by Gasteiger charge is -2.17. The molecule has 27 heavy (non-hydrogen) atoms. The fourth-order valence-corrected chi connectivity index (χ4v) is 2.83. The number of benzene rings is 2. The minimum Gasteiger partial charge on any atom is -0.506 e. The van der Waals surface area contributed by atoms with Crippen molar-refractivity contribution in [1.82, 2.24) is 4.90 Å². The van der Waals surface area contributed by atoms with Gasteiger partial charge in [-0.3, -0.25) is 19.3 Å². The van der Waals surface area contributed by atoms with Crippen LogP contribution in [0.25, 0.3) is 0 Å². The van der Waals surface area contributed by atoms with Crippen LogP contribution in [0.4, 0.5) is 5.69 Å². The van der Waals surface area contributed by atoms with Crippen LogP contribution in [0.5, 0.6) is 5.75 Å². The topological polar surface area (TPSA) is 124 Å². The van der Waals surface area contributed by atoms with Crippen molar-refractivity contribution in [2.45, 2.75) is 19.9 Å². The van der Waals surface area contributed by atoms with Gasteiger partial charge in [0.15, 0.2) is 0 Å². The van der Waals surface area contributed by atoms with Crippen molar-refractivity contribution in [1.29, 1.82) is 0 Å². The lowest BCUT2D eigenvalue weighted by molar-refractivity contribution is 0.0607. The minimum absolute atomic E-state index is 0.0772. The Morgan fingerprint density at radius 3 is 2.22 bits per heavy atom. The zero-order chi connectivity index (χ0) is 19.9. The molecule has 0 atom stereocenters. The Hall–Kier alpha value is -3.68. The molecule has 0 aliphatic carbocycles. The van der Waals surface area contributed by atoms with E-state index in [4.69, 9.17) is 5.11 Å². The van der Waals surface area contributed by atoms with Gasteiger partial charge in [-0.2, -0.15) is 0 Å². The maximum Gasteiger partial charge on any atom is 0.335 e. The Kier molecular flexibility index (Phi) is 4.40. The zero-order valence-corrected chi connectivity index (χ0v) is 14.5. The molecule has 0 spiro atoms. The molecular formula is C19H16N2O6. The number of aromatic carboxylic acids is 1. The molecule has 1 heterocycles. The first-order chi connectivity index (χ1) is 12.7. The van der Waals surface area contributed by atoms with Crippen LogP contribution in [0.15, 0.2) is 36.4 Å². The van der Waals surface area contributed by atoms with E-state index in [0.29, 0.717) is 0 Å². The molecule has 138 valence electrons. The van der Waals surface area contributed by atoms with Gasteiger partial charge in [0.2, 0.25) is 0 Å². The molecule has 0 aromatic heterocycles. The van der Waals surface area contributed by atoms with Gasteiger partial charge in [-0.05, 0) is 50.2 Å². The molecular weight excluding hydrogens is 352 g/mol. The fraction of sp³-hybridized carbons (Fsp3) is 0.158. The van der Waals surface area contributed by atoms with Gasteiger partial charge in [0.05, 0.1) is 22.4 Å². The summed E-state index contributed by atoms with van der Waals surface area (Å²) in [6.45, 7) is 3.43. The molecule has 8 heteroatoms. The van der Waals surface area contributed by atoms with Crippen LogP contribution < -0.4 is 5.32 Å². The molecule has 0 bridgehead atoms. The van der Waals surface area contributed by atoms with Crippen molar-refractivity contribution in [3.63, 3.8) is 0 Å². The van der Waals surface area contributed by atoms with E-state index in [1.807, 2.05) is 0 Å². The predicted octanol–water partition coefficient (Wildman–Crippen LogP) is 2.35. The average Bonchev–Trinajstić information content (AvgIpc) is 2.87. The number of carboxylic acid groups (broad SMARTS) is 1. The summed E-state index contributed by atoms with van der Waals surface area (Å²) >= 11 is 0. The van der Waals surface area contributed by atoms with Gasteiger partial charge in [-0.15, -0.1) is 0 Å². The van der Waals surface area contributed by atoms with Crippen LogP contribution >= 0.6 is 0 Å². The van der Waals surface area contributed by atoms with Gasteiger partial charge in [-0.1, -0.05) is 0 Å². The molecule has 3 N–H and O–H groups in total. The van der Waals surface area contributed by atoms with Gasteiger partial charge in [0, 0.05) is 11.6 Å². The molecule has 0 saturated heterocycles. The molecule has 0 saturated carbocycles. The minimum atomic E-state index is -1.21. The van der Waals surface area contributed by atoms with Gasteiger partial charge in [-0.25, -0.2) is 4.79 Å². The second-order valence-electron chi connectivity index (χ2n) is 6.33. The van der Waals surface area contributed by atoms with Crippen molar-refractivity contribution in [2.24, 2.45) is 0 Å². The highest BCUT2D eigenvalue weighted by Crippen LogP contribution is 2.28. The van der Waals surface area contributed by atoms with E-state index in [1.54, 1.807) is 13.8 Å². The number of hydrogen-bond acceptors (Lipinski definition) is 5. The Balaban J connectivity index is 1.91. The number of imide groups is 1. The number of nitrogens with zero attached hydrogens (tertiary/aromatic N) is 1. The number of hydrogen-bond donors (Lipinski definition) is 3. The van der Waals surface area contributed by atoms with Crippen molar-refractivity contribution in [3.8, 4) is 5.75 Å². The molecule has 3 rings (SSSR count). The molecule has 1 aliphatic rings. The summed E-state index contributed by atoms with van der Waals surface area (Å²) in [5.41, 5.74) is 0.267. The number of carbonyl (C=O) groups excluding carboxylic acids is 3. The number of aromatic hydroxyl groups is 1. The van der Waals surface area contributed by atoms with E-state index in [9.17, 15) is 24.3 Å². The molecule has 2 aromatic carbocycles.